The van der Waals surface area contributed by atoms with Crippen molar-refractivity contribution in [2.24, 2.45) is 5.41 Å². The second-order valence-electron chi connectivity index (χ2n) is 8.77. The predicted octanol–water partition coefficient (Wildman–Crippen LogP) is 2.93. The van der Waals surface area contributed by atoms with Crippen molar-refractivity contribution in [3.63, 3.8) is 0 Å². The summed E-state index contributed by atoms with van der Waals surface area (Å²) in [4.78, 5) is 34.1. The number of fused-ring (bicyclic) bond motifs is 1. The first kappa shape index (κ1) is 27.6. The van der Waals surface area contributed by atoms with Gasteiger partial charge in [-0.25, -0.2) is 0 Å². The standard InChI is InChI=1S/C19H27NO5.C5H10O2/c1-4-25-10-9-19(12-16(21)22,18(23)24-3)17-14-8-6-5-7-13(14)11-15(17)20-2;1-5(2,3)7-4-6/h5-8,15,17,20H,4,9-12H2,1-3H3,(H,21,22);4H,1-3H3/t15?,17-,19?;/m1./s1. The number of benzene rings is 1. The second kappa shape index (κ2) is 12.6. The van der Waals surface area contributed by atoms with Crippen LogP contribution in [-0.4, -0.2) is 62.5 Å². The van der Waals surface area contributed by atoms with Crippen LogP contribution in [0.15, 0.2) is 24.3 Å². The number of likely N-dealkylation sites (N-methyl/N-ethyl adjacent to an activating group) is 1. The minimum atomic E-state index is -1.17. The maximum absolute atomic E-state index is 12.9. The molecule has 8 heteroatoms. The molecule has 0 aliphatic heterocycles. The van der Waals surface area contributed by atoms with Gasteiger partial charge in [-0.2, -0.15) is 0 Å². The largest absolute Gasteiger partial charge is 0.481 e. The van der Waals surface area contributed by atoms with Crippen LogP contribution in [0.2, 0.25) is 0 Å². The lowest BCUT2D eigenvalue weighted by atomic mass is 9.66. The summed E-state index contributed by atoms with van der Waals surface area (Å²) in [7, 11) is 3.16. The first-order valence-corrected chi connectivity index (χ1v) is 10.8. The molecule has 0 fully saturated rings. The first-order valence-electron chi connectivity index (χ1n) is 10.8. The van der Waals surface area contributed by atoms with Crippen molar-refractivity contribution in [1.29, 1.82) is 0 Å². The highest BCUT2D eigenvalue weighted by atomic mass is 16.5. The van der Waals surface area contributed by atoms with Gasteiger partial charge >= 0.3 is 11.9 Å². The van der Waals surface area contributed by atoms with E-state index in [1.54, 1.807) is 0 Å². The number of methoxy groups -OCH3 is 1. The molecule has 2 N–H and O–H groups in total. The SMILES string of the molecule is CC(C)(C)OC=O.CCOCCC(CC(=O)O)(C(=O)OC)[C@@H]1c2ccccc2CC1NC. The van der Waals surface area contributed by atoms with E-state index in [1.807, 2.05) is 59.0 Å². The molecule has 1 aromatic rings. The van der Waals surface area contributed by atoms with Crippen molar-refractivity contribution >= 4 is 18.4 Å². The minimum Gasteiger partial charge on any atom is -0.481 e. The van der Waals surface area contributed by atoms with Crippen LogP contribution >= 0.6 is 0 Å². The van der Waals surface area contributed by atoms with Gasteiger partial charge in [0.2, 0.25) is 0 Å². The van der Waals surface area contributed by atoms with Crippen molar-refractivity contribution in [1.82, 2.24) is 5.32 Å². The molecule has 0 bridgehead atoms. The number of hydrogen-bond donors (Lipinski definition) is 2. The van der Waals surface area contributed by atoms with E-state index >= 15 is 0 Å². The summed E-state index contributed by atoms with van der Waals surface area (Å²) >= 11 is 0. The lowest BCUT2D eigenvalue weighted by Crippen LogP contribution is -2.47. The zero-order chi connectivity index (χ0) is 24.4. The molecule has 8 nitrogen and oxygen atoms in total. The van der Waals surface area contributed by atoms with Crippen LogP contribution < -0.4 is 5.32 Å². The molecule has 1 aromatic carbocycles. The number of hydrogen-bond acceptors (Lipinski definition) is 7. The van der Waals surface area contributed by atoms with E-state index < -0.39 is 17.4 Å². The van der Waals surface area contributed by atoms with Crippen LogP contribution in [0.3, 0.4) is 0 Å². The smallest absolute Gasteiger partial charge is 0.313 e. The van der Waals surface area contributed by atoms with Gasteiger partial charge in [0.25, 0.3) is 6.47 Å². The molecule has 0 spiro atoms. The van der Waals surface area contributed by atoms with E-state index in [-0.39, 0.29) is 24.0 Å². The van der Waals surface area contributed by atoms with Crippen LogP contribution in [-0.2, 0) is 35.0 Å². The zero-order valence-corrected chi connectivity index (χ0v) is 20.0. The Morgan fingerprint density at radius 2 is 1.91 bits per heavy atom. The molecule has 0 saturated carbocycles. The van der Waals surface area contributed by atoms with Crippen molar-refractivity contribution in [3.05, 3.63) is 35.4 Å². The Balaban J connectivity index is 0.000000633. The number of esters is 1. The highest BCUT2D eigenvalue weighted by Gasteiger charge is 2.53. The fraction of sp³-hybridized carbons (Fsp3) is 0.625. The average molecular weight is 452 g/mol. The van der Waals surface area contributed by atoms with Crippen LogP contribution in [0.5, 0.6) is 0 Å². The quantitative estimate of drug-likeness (QED) is 0.317. The minimum absolute atomic E-state index is 0.0301. The van der Waals surface area contributed by atoms with E-state index in [0.29, 0.717) is 26.1 Å². The van der Waals surface area contributed by atoms with Gasteiger partial charge in [0.1, 0.15) is 5.60 Å². The molecule has 3 atom stereocenters. The van der Waals surface area contributed by atoms with Gasteiger partial charge in [-0.15, -0.1) is 0 Å². The third-order valence-corrected chi connectivity index (χ3v) is 5.56. The Hall–Kier alpha value is -2.45. The lowest BCUT2D eigenvalue weighted by Gasteiger charge is -2.39. The maximum Gasteiger partial charge on any atom is 0.313 e. The number of nitrogens with one attached hydrogen (secondary N) is 1. The van der Waals surface area contributed by atoms with E-state index in [1.165, 1.54) is 7.11 Å². The second-order valence-corrected chi connectivity index (χ2v) is 8.77. The van der Waals surface area contributed by atoms with Crippen LogP contribution in [0.25, 0.3) is 0 Å². The number of ether oxygens (including phenoxy) is 3. The third-order valence-electron chi connectivity index (χ3n) is 5.56. The third kappa shape index (κ3) is 7.31. The van der Waals surface area contributed by atoms with Crippen LogP contribution in [0.1, 0.15) is 57.6 Å². The molecule has 32 heavy (non-hydrogen) atoms. The average Bonchev–Trinajstić information content (AvgIpc) is 3.11. The van der Waals surface area contributed by atoms with Crippen LogP contribution in [0, 0.1) is 5.41 Å². The van der Waals surface area contributed by atoms with Gasteiger partial charge in [-0.05, 0) is 58.7 Å². The molecule has 0 saturated heterocycles. The van der Waals surface area contributed by atoms with Crippen molar-refractivity contribution in [2.75, 3.05) is 27.4 Å². The van der Waals surface area contributed by atoms with Crippen LogP contribution in [0.4, 0.5) is 0 Å². The molecular weight excluding hydrogens is 414 g/mol. The fourth-order valence-corrected chi connectivity index (χ4v) is 4.22. The lowest BCUT2D eigenvalue weighted by molar-refractivity contribution is -0.162. The number of rotatable bonds is 10. The Kier molecular flexibility index (Phi) is 10.8. The van der Waals surface area contributed by atoms with E-state index in [4.69, 9.17) is 9.47 Å². The van der Waals surface area contributed by atoms with Crippen molar-refractivity contribution in [3.8, 4) is 0 Å². The first-order chi connectivity index (χ1) is 15.1. The van der Waals surface area contributed by atoms with Crippen molar-refractivity contribution < 1.29 is 33.7 Å². The molecule has 0 amide bonds. The van der Waals surface area contributed by atoms with Gasteiger partial charge in [0.15, 0.2) is 0 Å². The molecule has 2 rings (SSSR count). The number of aliphatic carboxylic acids is 1. The number of carbonyl (C=O) groups is 3. The number of carbonyl (C=O) groups excluding carboxylic acids is 2. The van der Waals surface area contributed by atoms with E-state index in [2.05, 4.69) is 10.1 Å². The Bertz CT molecular complexity index is 759. The Labute approximate surface area is 190 Å². The summed E-state index contributed by atoms with van der Waals surface area (Å²) in [6.45, 7) is 8.62. The zero-order valence-electron chi connectivity index (χ0n) is 20.0. The Morgan fingerprint density at radius 3 is 2.38 bits per heavy atom. The van der Waals surface area contributed by atoms with Gasteiger partial charge in [-0.3, -0.25) is 14.4 Å². The fourth-order valence-electron chi connectivity index (χ4n) is 4.22. The molecule has 0 aromatic heterocycles. The summed E-state index contributed by atoms with van der Waals surface area (Å²) in [5.74, 6) is -1.78. The molecule has 0 heterocycles. The van der Waals surface area contributed by atoms with Gasteiger partial charge in [0, 0.05) is 25.2 Å². The molecule has 2 unspecified atom stereocenters. The molecule has 1 aliphatic carbocycles. The van der Waals surface area contributed by atoms with Gasteiger partial charge in [0.05, 0.1) is 18.9 Å². The summed E-state index contributed by atoms with van der Waals surface area (Å²) in [6, 6.07) is 7.88. The van der Waals surface area contributed by atoms with Gasteiger partial charge < -0.3 is 24.6 Å². The summed E-state index contributed by atoms with van der Waals surface area (Å²) in [5.41, 5.74) is 0.671. The highest BCUT2D eigenvalue weighted by Crippen LogP contribution is 2.50. The summed E-state index contributed by atoms with van der Waals surface area (Å²) in [6.07, 6.45) is 0.769. The number of carboxylic acid groups (broad SMARTS) is 1. The molecule has 0 radical (unpaired) electrons. The molecule has 1 aliphatic rings. The maximum atomic E-state index is 12.9. The van der Waals surface area contributed by atoms with E-state index in [0.717, 1.165) is 17.5 Å². The topological polar surface area (TPSA) is 111 Å². The van der Waals surface area contributed by atoms with Gasteiger partial charge in [-0.1, -0.05) is 24.3 Å². The summed E-state index contributed by atoms with van der Waals surface area (Å²) in [5, 5.41) is 12.8. The predicted molar refractivity (Wildman–Crippen MR) is 120 cm³/mol. The molecule has 180 valence electrons. The van der Waals surface area contributed by atoms with E-state index in [9.17, 15) is 19.5 Å². The highest BCUT2D eigenvalue weighted by molar-refractivity contribution is 5.84. The summed E-state index contributed by atoms with van der Waals surface area (Å²) < 4.78 is 15.1. The van der Waals surface area contributed by atoms with Crippen molar-refractivity contribution in [2.45, 2.75) is 64.5 Å². The monoisotopic (exact) mass is 451 g/mol. The Morgan fingerprint density at radius 1 is 1.25 bits per heavy atom. The molecular formula is C24H37NO7. The number of carboxylic acids is 1. The normalized spacial score (nSPS) is 19.1.